The molecule has 8 aromatic carbocycles. The topological polar surface area (TPSA) is 6.48 Å². The molecule has 0 radical (unpaired) electrons. The van der Waals surface area contributed by atoms with Gasteiger partial charge in [-0.05, 0) is 98.3 Å². The smallest absolute Gasteiger partial charge is 0.252 e. The van der Waals surface area contributed by atoms with Crippen molar-refractivity contribution >= 4 is 57.2 Å². The number of anilines is 6. The molecule has 0 spiro atoms. The molecule has 0 amide bonds. The number of rotatable bonds is 5. The summed E-state index contributed by atoms with van der Waals surface area (Å²) in [7, 11) is 0. The van der Waals surface area contributed by atoms with Crippen LogP contribution in [0, 0.1) is 0 Å². The summed E-state index contributed by atoms with van der Waals surface area (Å²) in [6, 6.07) is 69.9. The summed E-state index contributed by atoms with van der Waals surface area (Å²) in [6.07, 6.45) is 0. The van der Waals surface area contributed by atoms with Crippen LogP contribution in [0.3, 0.4) is 0 Å². The van der Waals surface area contributed by atoms with Gasteiger partial charge in [0, 0.05) is 34.1 Å². The fourth-order valence-electron chi connectivity index (χ4n) is 8.27. The standard InChI is InChI=1S/C48H33BN2/c1-5-18-34(19-6-1)39-26-17-27-40(35-20-7-2-8-21-35)47(39)36-32-45-48-46(33-36)51(38-24-11-4-12-25-38)44-31-16-14-29-42(44)49(48)41-28-13-15-30-43(41)50(45)37-22-9-3-10-23-37/h1-33H/i13D. The molecule has 2 heterocycles. The predicted molar refractivity (Wildman–Crippen MR) is 217 cm³/mol. The summed E-state index contributed by atoms with van der Waals surface area (Å²) in [4.78, 5) is 4.86. The first-order chi connectivity index (χ1) is 25.7. The molecule has 10 rings (SSSR count). The largest absolute Gasteiger partial charge is 0.311 e. The first kappa shape index (κ1) is 28.3. The molecule has 0 fully saturated rings. The molecule has 0 aromatic heterocycles. The lowest BCUT2D eigenvalue weighted by molar-refractivity contribution is 1.25. The van der Waals surface area contributed by atoms with Crippen molar-refractivity contribution in [3.63, 3.8) is 0 Å². The zero-order chi connectivity index (χ0) is 34.6. The van der Waals surface area contributed by atoms with Gasteiger partial charge in [-0.25, -0.2) is 0 Å². The lowest BCUT2D eigenvalue weighted by atomic mass is 9.33. The Kier molecular flexibility index (Phi) is 6.70. The van der Waals surface area contributed by atoms with Crippen LogP contribution in [0.2, 0.25) is 0 Å². The summed E-state index contributed by atoms with van der Waals surface area (Å²) in [5.74, 6) is 0. The van der Waals surface area contributed by atoms with E-state index in [1.54, 1.807) is 0 Å². The second-order valence-electron chi connectivity index (χ2n) is 13.2. The fourth-order valence-corrected chi connectivity index (χ4v) is 8.27. The molecule has 0 N–H and O–H groups in total. The molecule has 8 aromatic rings. The van der Waals surface area contributed by atoms with Gasteiger partial charge in [-0.1, -0.05) is 152 Å². The van der Waals surface area contributed by atoms with Crippen molar-refractivity contribution in [1.82, 2.24) is 0 Å². The van der Waals surface area contributed by atoms with E-state index in [0.717, 1.165) is 45.2 Å². The van der Waals surface area contributed by atoms with Crippen molar-refractivity contribution in [2.45, 2.75) is 0 Å². The Bertz CT molecular complexity index is 2520. The Hall–Kier alpha value is -6.58. The molecule has 2 aliphatic rings. The van der Waals surface area contributed by atoms with E-state index in [9.17, 15) is 0 Å². The van der Waals surface area contributed by atoms with Crippen molar-refractivity contribution in [2.75, 3.05) is 9.80 Å². The summed E-state index contributed by atoms with van der Waals surface area (Å²) >= 11 is 0. The van der Waals surface area contributed by atoms with E-state index in [-0.39, 0.29) is 6.71 Å². The minimum atomic E-state index is -0.0477. The Labute approximate surface area is 301 Å². The lowest BCUT2D eigenvalue weighted by Gasteiger charge is -2.44. The third-order valence-electron chi connectivity index (χ3n) is 10.4. The van der Waals surface area contributed by atoms with Gasteiger partial charge in [-0.2, -0.15) is 0 Å². The Balaban J connectivity index is 1.36. The number of nitrogens with zero attached hydrogens (tertiary/aromatic N) is 2. The van der Waals surface area contributed by atoms with Crippen molar-refractivity contribution in [2.24, 2.45) is 0 Å². The number of fused-ring (bicyclic) bond motifs is 4. The van der Waals surface area contributed by atoms with Gasteiger partial charge < -0.3 is 9.80 Å². The molecule has 0 atom stereocenters. The van der Waals surface area contributed by atoms with E-state index >= 15 is 0 Å². The number of hydrogen-bond donors (Lipinski definition) is 0. The molecule has 51 heavy (non-hydrogen) atoms. The van der Waals surface area contributed by atoms with Crippen molar-refractivity contribution < 1.29 is 1.37 Å². The highest BCUT2D eigenvalue weighted by atomic mass is 15.2. The molecule has 0 saturated heterocycles. The molecular weight excluding hydrogens is 615 g/mol. The van der Waals surface area contributed by atoms with E-state index in [1.807, 2.05) is 6.07 Å². The second-order valence-corrected chi connectivity index (χ2v) is 13.2. The number of benzene rings is 8. The Morgan fingerprint density at radius 2 is 0.824 bits per heavy atom. The highest BCUT2D eigenvalue weighted by molar-refractivity contribution is 7.00. The third-order valence-corrected chi connectivity index (χ3v) is 10.4. The normalized spacial score (nSPS) is 12.9. The quantitative estimate of drug-likeness (QED) is 0.171. The molecule has 238 valence electrons. The van der Waals surface area contributed by atoms with Crippen LogP contribution in [0.1, 0.15) is 1.37 Å². The maximum absolute atomic E-state index is 8.81. The van der Waals surface area contributed by atoms with Crippen LogP contribution in [0.25, 0.3) is 33.4 Å². The average molecular weight is 650 g/mol. The van der Waals surface area contributed by atoms with E-state index in [4.69, 9.17) is 1.37 Å². The van der Waals surface area contributed by atoms with Gasteiger partial charge in [0.05, 0.1) is 1.37 Å². The van der Waals surface area contributed by atoms with Gasteiger partial charge in [0.25, 0.3) is 6.71 Å². The van der Waals surface area contributed by atoms with Crippen LogP contribution in [-0.4, -0.2) is 6.71 Å². The van der Waals surface area contributed by atoms with Crippen molar-refractivity contribution in [1.29, 1.82) is 0 Å². The Morgan fingerprint density at radius 3 is 1.37 bits per heavy atom. The number of para-hydroxylation sites is 4. The highest BCUT2D eigenvalue weighted by Crippen LogP contribution is 2.48. The van der Waals surface area contributed by atoms with Crippen LogP contribution in [0.5, 0.6) is 0 Å². The summed E-state index contributed by atoms with van der Waals surface area (Å²) in [5, 5.41) is 0. The third kappa shape index (κ3) is 4.74. The van der Waals surface area contributed by atoms with Gasteiger partial charge >= 0.3 is 0 Å². The monoisotopic (exact) mass is 649 g/mol. The first-order valence-corrected chi connectivity index (χ1v) is 17.6. The molecule has 0 unspecified atom stereocenters. The maximum Gasteiger partial charge on any atom is 0.252 e. The second kappa shape index (κ2) is 12.1. The predicted octanol–water partition coefficient (Wildman–Crippen LogP) is 10.8. The van der Waals surface area contributed by atoms with Crippen LogP contribution in [0.4, 0.5) is 34.1 Å². The average Bonchev–Trinajstić information content (AvgIpc) is 3.21. The molecule has 3 heteroatoms. The van der Waals surface area contributed by atoms with Gasteiger partial charge in [0.2, 0.25) is 0 Å². The van der Waals surface area contributed by atoms with Crippen molar-refractivity contribution in [3.05, 3.63) is 200 Å². The van der Waals surface area contributed by atoms with Crippen LogP contribution in [-0.2, 0) is 0 Å². The molecule has 0 bridgehead atoms. The van der Waals surface area contributed by atoms with Crippen LogP contribution >= 0.6 is 0 Å². The molecule has 2 nitrogen and oxygen atoms in total. The SMILES string of the molecule is [2H]c1ccc2c(c1)B1c3ccccc3N(c3ccccc3)c3cc(-c4c(-c5ccccc5)cccc4-c4ccccc4)cc(c31)N2c1ccccc1. The minimum absolute atomic E-state index is 0.0477. The summed E-state index contributed by atoms with van der Waals surface area (Å²) in [5.41, 5.74) is 17.4. The highest BCUT2D eigenvalue weighted by Gasteiger charge is 2.43. The van der Waals surface area contributed by atoms with E-state index in [1.165, 1.54) is 38.7 Å². The van der Waals surface area contributed by atoms with Gasteiger partial charge in [-0.15, -0.1) is 0 Å². The minimum Gasteiger partial charge on any atom is -0.311 e. The van der Waals surface area contributed by atoms with Crippen molar-refractivity contribution in [3.8, 4) is 33.4 Å². The molecular formula is C48H33BN2. The number of hydrogen-bond acceptors (Lipinski definition) is 2. The lowest BCUT2D eigenvalue weighted by Crippen LogP contribution is -2.61. The van der Waals surface area contributed by atoms with E-state index in [2.05, 4.69) is 198 Å². The van der Waals surface area contributed by atoms with Crippen LogP contribution < -0.4 is 26.2 Å². The van der Waals surface area contributed by atoms with Gasteiger partial charge in [0.1, 0.15) is 0 Å². The maximum atomic E-state index is 8.81. The fraction of sp³-hybridized carbons (Fsp3) is 0. The summed E-state index contributed by atoms with van der Waals surface area (Å²) in [6.45, 7) is -0.0477. The van der Waals surface area contributed by atoms with Crippen LogP contribution in [0.15, 0.2) is 200 Å². The zero-order valence-electron chi connectivity index (χ0n) is 28.9. The Morgan fingerprint density at radius 1 is 0.373 bits per heavy atom. The molecule has 0 aliphatic carbocycles. The first-order valence-electron chi connectivity index (χ1n) is 18.1. The molecule has 0 saturated carbocycles. The van der Waals surface area contributed by atoms with Gasteiger partial charge in [0.15, 0.2) is 0 Å². The van der Waals surface area contributed by atoms with E-state index < -0.39 is 0 Å². The summed E-state index contributed by atoms with van der Waals surface area (Å²) < 4.78 is 8.81. The van der Waals surface area contributed by atoms with E-state index in [0.29, 0.717) is 6.04 Å². The zero-order valence-corrected chi connectivity index (χ0v) is 27.9. The van der Waals surface area contributed by atoms with Gasteiger partial charge in [-0.3, -0.25) is 0 Å². The molecule has 2 aliphatic heterocycles.